The van der Waals surface area contributed by atoms with E-state index < -0.39 is 0 Å². The molecule has 0 saturated heterocycles. The van der Waals surface area contributed by atoms with Crippen LogP contribution < -0.4 is 0 Å². The van der Waals surface area contributed by atoms with E-state index in [1.807, 2.05) is 115 Å². The molecule has 0 spiro atoms. The number of rotatable bonds is 3. The van der Waals surface area contributed by atoms with Crippen LogP contribution in [0.15, 0.2) is 141 Å². The molecule has 0 amide bonds. The summed E-state index contributed by atoms with van der Waals surface area (Å²) in [5.74, 6) is 1.73. The van der Waals surface area contributed by atoms with E-state index in [0.717, 1.165) is 76.9 Å². The molecular weight excluding hydrogens is 558 g/mol. The summed E-state index contributed by atoms with van der Waals surface area (Å²) in [6, 6.07) is 42.2. The number of fused-ring (bicyclic) bond motifs is 11. The standard InChI is InChI=1S/C39H21N3O3/c1-3-11-22(12-4-1)37-40-38(23-13-5-2-6-14-23)42-39(41-37)26-21-31-35(36-32(26)24-15-7-10-18-28(24)45-36)34-30(44-31)20-19-29-33(34)25-16-8-9-17-27(25)43-29/h1-21H. The topological polar surface area (TPSA) is 78.1 Å². The highest BCUT2D eigenvalue weighted by molar-refractivity contribution is 6.33. The molecule has 6 nitrogen and oxygen atoms in total. The fraction of sp³-hybridized carbons (Fsp3) is 0. The zero-order valence-electron chi connectivity index (χ0n) is 23.7. The summed E-state index contributed by atoms with van der Waals surface area (Å²) in [5.41, 5.74) is 7.21. The number of furan rings is 3. The number of nitrogens with zero attached hydrogens (tertiary/aromatic N) is 3. The fourth-order valence-corrected chi connectivity index (χ4v) is 6.55. The van der Waals surface area contributed by atoms with E-state index in [4.69, 9.17) is 28.2 Å². The summed E-state index contributed by atoms with van der Waals surface area (Å²) in [4.78, 5) is 15.0. The average molecular weight is 580 g/mol. The smallest absolute Gasteiger partial charge is 0.165 e. The van der Waals surface area contributed by atoms with Gasteiger partial charge in [0.05, 0.1) is 5.39 Å². The Hall–Kier alpha value is -6.27. The molecule has 0 radical (unpaired) electrons. The normalized spacial score (nSPS) is 12.0. The highest BCUT2D eigenvalue weighted by Crippen LogP contribution is 2.47. The maximum Gasteiger partial charge on any atom is 0.165 e. The lowest BCUT2D eigenvalue weighted by atomic mass is 9.99. The van der Waals surface area contributed by atoms with Crippen molar-refractivity contribution in [3.63, 3.8) is 0 Å². The molecule has 10 rings (SSSR count). The van der Waals surface area contributed by atoms with E-state index in [9.17, 15) is 0 Å². The van der Waals surface area contributed by atoms with Gasteiger partial charge in [0.15, 0.2) is 17.5 Å². The van der Waals surface area contributed by atoms with Crippen LogP contribution in [0.5, 0.6) is 0 Å². The highest BCUT2D eigenvalue weighted by Gasteiger charge is 2.25. The van der Waals surface area contributed by atoms with Crippen LogP contribution in [0.2, 0.25) is 0 Å². The van der Waals surface area contributed by atoms with Crippen LogP contribution in [-0.4, -0.2) is 15.0 Å². The molecular formula is C39H21N3O3. The van der Waals surface area contributed by atoms with Crippen molar-refractivity contribution in [2.24, 2.45) is 0 Å². The Labute approximate surface area is 255 Å². The van der Waals surface area contributed by atoms with E-state index in [2.05, 4.69) is 12.1 Å². The minimum absolute atomic E-state index is 0.542. The van der Waals surface area contributed by atoms with E-state index in [1.54, 1.807) is 0 Å². The van der Waals surface area contributed by atoms with Crippen LogP contribution in [-0.2, 0) is 0 Å². The van der Waals surface area contributed by atoms with Crippen molar-refractivity contribution in [2.75, 3.05) is 0 Å². The molecule has 0 saturated carbocycles. The summed E-state index contributed by atoms with van der Waals surface area (Å²) in [6.45, 7) is 0. The lowest BCUT2D eigenvalue weighted by Gasteiger charge is -2.09. The second kappa shape index (κ2) is 9.11. The molecule has 0 N–H and O–H groups in total. The van der Waals surface area contributed by atoms with Crippen molar-refractivity contribution in [3.8, 4) is 34.2 Å². The molecule has 6 aromatic carbocycles. The minimum Gasteiger partial charge on any atom is -0.456 e. The Kier molecular flexibility index (Phi) is 4.90. The first-order valence-corrected chi connectivity index (χ1v) is 14.8. The highest BCUT2D eigenvalue weighted by atomic mass is 16.3. The van der Waals surface area contributed by atoms with Gasteiger partial charge < -0.3 is 13.3 Å². The second-order valence-electron chi connectivity index (χ2n) is 11.2. The number of hydrogen-bond donors (Lipinski definition) is 0. The maximum absolute atomic E-state index is 6.70. The second-order valence-corrected chi connectivity index (χ2v) is 11.2. The van der Waals surface area contributed by atoms with Gasteiger partial charge in [0.25, 0.3) is 0 Å². The molecule has 10 aromatic rings. The Bertz CT molecular complexity index is 2700. The molecule has 0 aliphatic carbocycles. The average Bonchev–Trinajstić information content (AvgIpc) is 3.79. The van der Waals surface area contributed by atoms with Crippen molar-refractivity contribution in [2.45, 2.75) is 0 Å². The van der Waals surface area contributed by atoms with E-state index in [1.165, 1.54) is 0 Å². The summed E-state index contributed by atoms with van der Waals surface area (Å²) in [7, 11) is 0. The van der Waals surface area contributed by atoms with Gasteiger partial charge >= 0.3 is 0 Å². The Morgan fingerprint density at radius 2 is 0.867 bits per heavy atom. The summed E-state index contributed by atoms with van der Waals surface area (Å²) in [6.07, 6.45) is 0. The Morgan fingerprint density at radius 3 is 1.53 bits per heavy atom. The third-order valence-electron chi connectivity index (χ3n) is 8.53. The quantitative estimate of drug-likeness (QED) is 0.207. The third-order valence-corrected chi connectivity index (χ3v) is 8.53. The van der Waals surface area contributed by atoms with Crippen LogP contribution in [0.3, 0.4) is 0 Å². The van der Waals surface area contributed by atoms with E-state index in [-0.39, 0.29) is 0 Å². The summed E-state index contributed by atoms with van der Waals surface area (Å²) in [5, 5.41) is 5.81. The first-order valence-electron chi connectivity index (χ1n) is 14.8. The fourth-order valence-electron chi connectivity index (χ4n) is 6.55. The molecule has 0 atom stereocenters. The van der Waals surface area contributed by atoms with Crippen LogP contribution >= 0.6 is 0 Å². The van der Waals surface area contributed by atoms with Crippen LogP contribution in [0, 0.1) is 0 Å². The van der Waals surface area contributed by atoms with Crippen molar-refractivity contribution >= 4 is 65.8 Å². The molecule has 210 valence electrons. The van der Waals surface area contributed by atoms with Gasteiger partial charge in [0.2, 0.25) is 0 Å². The first kappa shape index (κ1) is 24.2. The van der Waals surface area contributed by atoms with Crippen LogP contribution in [0.1, 0.15) is 0 Å². The number of para-hydroxylation sites is 2. The van der Waals surface area contributed by atoms with Gasteiger partial charge in [-0.3, -0.25) is 0 Å². The molecule has 0 aliphatic heterocycles. The lowest BCUT2D eigenvalue weighted by molar-refractivity contribution is 0.660. The zero-order valence-corrected chi connectivity index (χ0v) is 23.7. The van der Waals surface area contributed by atoms with Gasteiger partial charge in [-0.1, -0.05) is 97.1 Å². The molecule has 6 heteroatoms. The van der Waals surface area contributed by atoms with E-state index in [0.29, 0.717) is 23.1 Å². The predicted molar refractivity (Wildman–Crippen MR) is 178 cm³/mol. The molecule has 0 bridgehead atoms. The van der Waals surface area contributed by atoms with Gasteiger partial charge in [0.1, 0.15) is 33.5 Å². The molecule has 4 heterocycles. The van der Waals surface area contributed by atoms with Crippen molar-refractivity contribution in [1.82, 2.24) is 15.0 Å². The zero-order chi connectivity index (χ0) is 29.5. The van der Waals surface area contributed by atoms with Gasteiger partial charge in [-0.15, -0.1) is 0 Å². The Morgan fingerprint density at radius 1 is 0.356 bits per heavy atom. The first-order chi connectivity index (χ1) is 22.3. The number of hydrogen-bond acceptors (Lipinski definition) is 6. The third kappa shape index (κ3) is 3.53. The van der Waals surface area contributed by atoms with Gasteiger partial charge in [0, 0.05) is 43.6 Å². The predicted octanol–water partition coefficient (Wildman–Crippen LogP) is 10.6. The maximum atomic E-state index is 6.70. The van der Waals surface area contributed by atoms with Crippen LogP contribution in [0.25, 0.3) is 100.0 Å². The van der Waals surface area contributed by atoms with Crippen molar-refractivity contribution < 1.29 is 13.3 Å². The summed E-state index contributed by atoms with van der Waals surface area (Å²) < 4.78 is 19.6. The molecule has 0 fully saturated rings. The lowest BCUT2D eigenvalue weighted by Crippen LogP contribution is -2.00. The van der Waals surface area contributed by atoms with Crippen molar-refractivity contribution in [1.29, 1.82) is 0 Å². The van der Waals surface area contributed by atoms with Gasteiger partial charge in [-0.2, -0.15) is 0 Å². The SMILES string of the molecule is c1ccc(-c2nc(-c3ccccc3)nc(-c3cc4oc5ccc6oc7ccccc7c6c5c4c4oc5ccccc5c34)n2)cc1. The largest absolute Gasteiger partial charge is 0.456 e. The molecule has 0 unspecified atom stereocenters. The summed E-state index contributed by atoms with van der Waals surface area (Å²) >= 11 is 0. The van der Waals surface area contributed by atoms with Gasteiger partial charge in [-0.05, 0) is 30.3 Å². The number of benzene rings is 6. The molecule has 0 aliphatic rings. The van der Waals surface area contributed by atoms with Gasteiger partial charge in [-0.25, -0.2) is 15.0 Å². The Balaban J connectivity index is 1.36. The molecule has 4 aromatic heterocycles. The monoisotopic (exact) mass is 579 g/mol. The minimum atomic E-state index is 0.542. The molecule has 45 heavy (non-hydrogen) atoms. The van der Waals surface area contributed by atoms with Crippen molar-refractivity contribution in [3.05, 3.63) is 127 Å². The van der Waals surface area contributed by atoms with E-state index >= 15 is 0 Å². The van der Waals surface area contributed by atoms with Crippen LogP contribution in [0.4, 0.5) is 0 Å². The number of aromatic nitrogens is 3.